The molecular weight excluding hydrogens is 282 g/mol. The molecule has 0 radical (unpaired) electrons. The minimum absolute atomic E-state index is 0.780. The van der Waals surface area contributed by atoms with Gasteiger partial charge >= 0.3 is 0 Å². The Hall–Kier alpha value is -2.22. The number of fused-ring (bicyclic) bond motifs is 1. The third kappa shape index (κ3) is 3.95. The number of unbranched alkanes of at least 4 members (excludes halogenated alkanes) is 1. The number of benzene rings is 2. The average molecular weight is 307 g/mol. The average Bonchev–Trinajstić information content (AvgIpc) is 2.97. The summed E-state index contributed by atoms with van der Waals surface area (Å²) in [4.78, 5) is 0. The van der Waals surface area contributed by atoms with Gasteiger partial charge in [0.05, 0.1) is 6.61 Å². The van der Waals surface area contributed by atoms with Crippen LogP contribution in [0.3, 0.4) is 0 Å². The van der Waals surface area contributed by atoms with Gasteiger partial charge in [-0.05, 0) is 73.0 Å². The lowest BCUT2D eigenvalue weighted by Gasteiger charge is -2.08. The van der Waals surface area contributed by atoms with E-state index in [0.29, 0.717) is 0 Å². The lowest BCUT2D eigenvalue weighted by Crippen LogP contribution is -2.01. The highest BCUT2D eigenvalue weighted by atomic mass is 16.5. The first kappa shape index (κ1) is 15.7. The van der Waals surface area contributed by atoms with Gasteiger partial charge < -0.3 is 9.30 Å². The first-order valence-corrected chi connectivity index (χ1v) is 8.53. The van der Waals surface area contributed by atoms with Gasteiger partial charge in [-0.1, -0.05) is 25.1 Å². The van der Waals surface area contributed by atoms with Crippen molar-refractivity contribution in [2.75, 3.05) is 6.61 Å². The largest absolute Gasteiger partial charge is 0.494 e. The molecule has 0 aliphatic carbocycles. The zero-order valence-electron chi connectivity index (χ0n) is 14.1. The van der Waals surface area contributed by atoms with Gasteiger partial charge in [-0.3, -0.25) is 0 Å². The smallest absolute Gasteiger partial charge is 0.119 e. The fraction of sp³-hybridized carbons (Fsp3) is 0.333. The standard InChI is InChI=1S/C21H25NO/c1-3-18-9-10-21-19(16-18)11-13-22(21)12-4-5-14-23-20-8-6-7-17(2)15-20/h6-11,13,15-16H,3-5,12,14H2,1-2H3. The van der Waals surface area contributed by atoms with Crippen molar-refractivity contribution < 1.29 is 4.74 Å². The predicted octanol–water partition coefficient (Wildman–Crippen LogP) is 5.37. The van der Waals surface area contributed by atoms with Crippen LogP contribution < -0.4 is 4.74 Å². The molecule has 120 valence electrons. The molecule has 2 aromatic carbocycles. The molecule has 0 unspecified atom stereocenters. The summed E-state index contributed by atoms with van der Waals surface area (Å²) in [6, 6.07) is 17.2. The SMILES string of the molecule is CCc1ccc2c(ccn2CCCCOc2cccc(C)c2)c1. The molecule has 2 heteroatoms. The molecule has 0 spiro atoms. The Kier molecular flexibility index (Phi) is 5.02. The van der Waals surface area contributed by atoms with E-state index < -0.39 is 0 Å². The maximum Gasteiger partial charge on any atom is 0.119 e. The topological polar surface area (TPSA) is 14.2 Å². The van der Waals surface area contributed by atoms with Crippen LogP contribution in [-0.2, 0) is 13.0 Å². The Labute approximate surface area is 138 Å². The molecule has 0 N–H and O–H groups in total. The molecule has 0 aliphatic rings. The van der Waals surface area contributed by atoms with E-state index >= 15 is 0 Å². The molecule has 23 heavy (non-hydrogen) atoms. The molecule has 0 amide bonds. The second-order valence-electron chi connectivity index (χ2n) is 6.13. The molecule has 3 aromatic rings. The van der Waals surface area contributed by atoms with Crippen molar-refractivity contribution in [3.8, 4) is 5.75 Å². The first-order valence-electron chi connectivity index (χ1n) is 8.53. The summed E-state index contributed by atoms with van der Waals surface area (Å²) in [6.45, 7) is 6.12. The molecule has 0 fully saturated rings. The molecule has 0 saturated carbocycles. The number of aromatic nitrogens is 1. The summed E-state index contributed by atoms with van der Waals surface area (Å²) in [5.41, 5.74) is 3.98. The van der Waals surface area contributed by atoms with Crippen molar-refractivity contribution in [1.29, 1.82) is 0 Å². The van der Waals surface area contributed by atoms with Crippen molar-refractivity contribution in [1.82, 2.24) is 4.57 Å². The van der Waals surface area contributed by atoms with E-state index in [2.05, 4.69) is 61.0 Å². The maximum atomic E-state index is 5.81. The van der Waals surface area contributed by atoms with Crippen molar-refractivity contribution in [2.45, 2.75) is 39.7 Å². The van der Waals surface area contributed by atoms with Gasteiger partial charge in [-0.2, -0.15) is 0 Å². The normalized spacial score (nSPS) is 11.0. The van der Waals surface area contributed by atoms with Gasteiger partial charge in [0.2, 0.25) is 0 Å². The van der Waals surface area contributed by atoms with Crippen LogP contribution >= 0.6 is 0 Å². The fourth-order valence-electron chi connectivity index (χ4n) is 2.94. The highest BCUT2D eigenvalue weighted by Gasteiger charge is 2.02. The molecule has 1 aromatic heterocycles. The van der Waals surface area contributed by atoms with Crippen molar-refractivity contribution in [3.05, 3.63) is 65.9 Å². The van der Waals surface area contributed by atoms with Gasteiger partial charge in [-0.25, -0.2) is 0 Å². The van der Waals surface area contributed by atoms with E-state index in [1.54, 1.807) is 0 Å². The van der Waals surface area contributed by atoms with Crippen LogP contribution in [0.4, 0.5) is 0 Å². The third-order valence-electron chi connectivity index (χ3n) is 4.30. The van der Waals surface area contributed by atoms with E-state index in [1.165, 1.54) is 22.0 Å². The van der Waals surface area contributed by atoms with Crippen molar-refractivity contribution >= 4 is 10.9 Å². The van der Waals surface area contributed by atoms with Gasteiger partial charge in [0.25, 0.3) is 0 Å². The maximum absolute atomic E-state index is 5.81. The zero-order chi connectivity index (χ0) is 16.1. The first-order chi connectivity index (χ1) is 11.3. The molecule has 0 atom stereocenters. The summed E-state index contributed by atoms with van der Waals surface area (Å²) in [5.74, 6) is 0.975. The minimum atomic E-state index is 0.780. The number of hydrogen-bond donors (Lipinski definition) is 0. The molecule has 1 heterocycles. The quantitative estimate of drug-likeness (QED) is 0.535. The van der Waals surface area contributed by atoms with E-state index in [1.807, 2.05) is 12.1 Å². The van der Waals surface area contributed by atoms with Crippen LogP contribution in [0.5, 0.6) is 5.75 Å². The Morgan fingerprint density at radius 1 is 1.00 bits per heavy atom. The van der Waals surface area contributed by atoms with Crippen molar-refractivity contribution in [2.24, 2.45) is 0 Å². The molecular formula is C21H25NO. The van der Waals surface area contributed by atoms with Gasteiger partial charge in [-0.15, -0.1) is 0 Å². The van der Waals surface area contributed by atoms with E-state index in [9.17, 15) is 0 Å². The highest BCUT2D eigenvalue weighted by Crippen LogP contribution is 2.19. The van der Waals surface area contributed by atoms with E-state index in [0.717, 1.165) is 38.2 Å². The summed E-state index contributed by atoms with van der Waals surface area (Å²) in [5, 5.41) is 1.35. The number of hydrogen-bond acceptors (Lipinski definition) is 1. The minimum Gasteiger partial charge on any atom is -0.494 e. The van der Waals surface area contributed by atoms with Crippen LogP contribution in [0.15, 0.2) is 54.7 Å². The summed E-state index contributed by atoms with van der Waals surface area (Å²) >= 11 is 0. The van der Waals surface area contributed by atoms with Gasteiger partial charge in [0, 0.05) is 18.3 Å². The van der Waals surface area contributed by atoms with Crippen molar-refractivity contribution in [3.63, 3.8) is 0 Å². The van der Waals surface area contributed by atoms with Gasteiger partial charge in [0.1, 0.15) is 5.75 Å². The number of ether oxygens (including phenoxy) is 1. The molecule has 0 saturated heterocycles. The van der Waals surface area contributed by atoms with Crippen LogP contribution in [0.1, 0.15) is 30.9 Å². The summed E-state index contributed by atoms with van der Waals surface area (Å²) in [7, 11) is 0. The zero-order valence-corrected chi connectivity index (χ0v) is 14.1. The highest BCUT2D eigenvalue weighted by molar-refractivity contribution is 5.80. The van der Waals surface area contributed by atoms with Crippen LogP contribution in [0, 0.1) is 6.92 Å². The van der Waals surface area contributed by atoms with E-state index in [4.69, 9.17) is 4.74 Å². The fourth-order valence-corrected chi connectivity index (χ4v) is 2.94. The monoisotopic (exact) mass is 307 g/mol. The summed E-state index contributed by atoms with van der Waals surface area (Å²) < 4.78 is 8.16. The molecule has 3 rings (SSSR count). The Bertz CT molecular complexity index is 772. The Balaban J connectivity index is 1.49. The number of nitrogens with zero attached hydrogens (tertiary/aromatic N) is 1. The molecule has 0 aliphatic heterocycles. The van der Waals surface area contributed by atoms with Crippen LogP contribution in [0.2, 0.25) is 0 Å². The summed E-state index contributed by atoms with van der Waals surface area (Å²) in [6.07, 6.45) is 5.49. The van der Waals surface area contributed by atoms with E-state index in [-0.39, 0.29) is 0 Å². The van der Waals surface area contributed by atoms with Crippen LogP contribution in [-0.4, -0.2) is 11.2 Å². The number of rotatable bonds is 7. The lowest BCUT2D eigenvalue weighted by molar-refractivity contribution is 0.303. The van der Waals surface area contributed by atoms with Crippen LogP contribution in [0.25, 0.3) is 10.9 Å². The molecule has 0 bridgehead atoms. The Morgan fingerprint density at radius 3 is 2.74 bits per heavy atom. The Morgan fingerprint density at radius 2 is 1.91 bits per heavy atom. The molecule has 2 nitrogen and oxygen atoms in total. The third-order valence-corrected chi connectivity index (χ3v) is 4.30. The lowest BCUT2D eigenvalue weighted by atomic mass is 10.1. The number of aryl methyl sites for hydroxylation is 3. The second kappa shape index (κ2) is 7.36. The predicted molar refractivity (Wildman–Crippen MR) is 97.2 cm³/mol. The second-order valence-corrected chi connectivity index (χ2v) is 6.13. The van der Waals surface area contributed by atoms with Gasteiger partial charge in [0.15, 0.2) is 0 Å².